The molecule has 0 aliphatic heterocycles. The minimum absolute atomic E-state index is 0.0760. The predicted octanol–water partition coefficient (Wildman–Crippen LogP) is 0.976. The van der Waals surface area contributed by atoms with Crippen molar-refractivity contribution in [2.75, 3.05) is 0 Å². The lowest BCUT2D eigenvalue weighted by Crippen LogP contribution is -2.19. The largest absolute Gasteiger partial charge is 0.288 e. The molecule has 0 aromatic carbocycles. The van der Waals surface area contributed by atoms with E-state index in [1.807, 2.05) is 5.38 Å². The van der Waals surface area contributed by atoms with E-state index in [1.54, 1.807) is 13.1 Å². The molecule has 3 nitrogen and oxygen atoms in total. The van der Waals surface area contributed by atoms with Crippen LogP contribution in [0.5, 0.6) is 0 Å². The quantitative estimate of drug-likeness (QED) is 0.580. The van der Waals surface area contributed by atoms with Crippen molar-refractivity contribution in [2.24, 2.45) is 7.05 Å². The molecule has 4 heteroatoms. The van der Waals surface area contributed by atoms with Crippen molar-refractivity contribution in [3.8, 4) is 12.3 Å². The fourth-order valence-electron chi connectivity index (χ4n) is 1.12. The number of thiophene rings is 1. The number of rotatable bonds is 0. The third kappa shape index (κ3) is 1.05. The van der Waals surface area contributed by atoms with Crippen LogP contribution in [-0.4, -0.2) is 9.55 Å². The minimum Gasteiger partial charge on any atom is -0.288 e. The van der Waals surface area contributed by atoms with Gasteiger partial charge in [-0.15, -0.1) is 17.8 Å². The van der Waals surface area contributed by atoms with Gasteiger partial charge in [0.2, 0.25) is 0 Å². The number of hydrogen-bond acceptors (Lipinski definition) is 3. The average Bonchev–Trinajstić information content (AvgIpc) is 2.59. The number of nitrogens with zero attached hydrogens (tertiary/aromatic N) is 2. The zero-order valence-corrected chi connectivity index (χ0v) is 7.76. The highest BCUT2D eigenvalue weighted by molar-refractivity contribution is 7.17. The van der Waals surface area contributed by atoms with Crippen molar-refractivity contribution in [3.05, 3.63) is 27.6 Å². The molecule has 0 N–H and O–H groups in total. The summed E-state index contributed by atoms with van der Waals surface area (Å²) in [5.41, 5.74) is 0.606. The number of hydrogen-bond donors (Lipinski definition) is 0. The second-order valence-corrected chi connectivity index (χ2v) is 3.49. The molecular weight excluding hydrogens is 184 g/mol. The fourth-order valence-corrected chi connectivity index (χ4v) is 1.92. The monoisotopic (exact) mass is 190 g/mol. The van der Waals surface area contributed by atoms with Gasteiger partial charge in [0.15, 0.2) is 5.82 Å². The van der Waals surface area contributed by atoms with Crippen LogP contribution in [0.4, 0.5) is 0 Å². The van der Waals surface area contributed by atoms with E-state index in [2.05, 4.69) is 10.9 Å². The molecule has 2 rings (SSSR count). The summed E-state index contributed by atoms with van der Waals surface area (Å²) in [6.07, 6.45) is 5.21. The summed E-state index contributed by atoms with van der Waals surface area (Å²) >= 11 is 1.38. The Hall–Kier alpha value is -1.60. The van der Waals surface area contributed by atoms with Crippen LogP contribution in [0.25, 0.3) is 10.2 Å². The van der Waals surface area contributed by atoms with Crippen LogP contribution < -0.4 is 5.56 Å². The maximum atomic E-state index is 11.6. The summed E-state index contributed by atoms with van der Waals surface area (Å²) < 4.78 is 2.04. The van der Waals surface area contributed by atoms with Crippen LogP contribution in [0, 0.1) is 12.3 Å². The summed E-state index contributed by atoms with van der Waals surface area (Å²) in [4.78, 5) is 15.8. The smallest absolute Gasteiger partial charge is 0.271 e. The SMILES string of the molecule is C#Cc1nc2ccsc2c(=O)n1C. The van der Waals surface area contributed by atoms with Crippen molar-refractivity contribution in [2.45, 2.75) is 0 Å². The number of terminal acetylenes is 1. The minimum atomic E-state index is -0.0760. The third-order valence-corrected chi connectivity index (χ3v) is 2.71. The van der Waals surface area contributed by atoms with Crippen LogP contribution >= 0.6 is 11.3 Å². The van der Waals surface area contributed by atoms with E-state index >= 15 is 0 Å². The fraction of sp³-hybridized carbons (Fsp3) is 0.111. The molecule has 0 spiro atoms. The lowest BCUT2D eigenvalue weighted by atomic mass is 10.4. The summed E-state index contributed by atoms with van der Waals surface area (Å²) in [5.74, 6) is 2.75. The molecule has 2 aromatic rings. The van der Waals surface area contributed by atoms with Crippen molar-refractivity contribution in [3.63, 3.8) is 0 Å². The lowest BCUT2D eigenvalue weighted by molar-refractivity contribution is 0.827. The van der Waals surface area contributed by atoms with Gasteiger partial charge in [0.05, 0.1) is 5.52 Å². The molecule has 64 valence electrons. The van der Waals surface area contributed by atoms with Gasteiger partial charge in [-0.25, -0.2) is 4.98 Å². The first kappa shape index (κ1) is 8.02. The van der Waals surface area contributed by atoms with Gasteiger partial charge >= 0.3 is 0 Å². The van der Waals surface area contributed by atoms with Crippen LogP contribution in [0.15, 0.2) is 16.2 Å². The second kappa shape index (κ2) is 2.71. The Bertz CT molecular complexity index is 559. The van der Waals surface area contributed by atoms with Crippen molar-refractivity contribution < 1.29 is 0 Å². The molecule has 2 aromatic heterocycles. The van der Waals surface area contributed by atoms with E-state index < -0.39 is 0 Å². The molecule has 2 heterocycles. The maximum absolute atomic E-state index is 11.6. The van der Waals surface area contributed by atoms with Gasteiger partial charge in [-0.3, -0.25) is 9.36 Å². The van der Waals surface area contributed by atoms with Gasteiger partial charge in [-0.1, -0.05) is 0 Å². The Morgan fingerprint density at radius 3 is 3.15 bits per heavy atom. The third-order valence-electron chi connectivity index (χ3n) is 1.82. The van der Waals surface area contributed by atoms with Gasteiger partial charge in [0, 0.05) is 7.05 Å². The topological polar surface area (TPSA) is 34.9 Å². The molecule has 0 fully saturated rings. The standard InChI is InChI=1S/C9H6N2OS/c1-3-7-10-6-4-5-13-8(6)9(12)11(7)2/h1,4-5H,2H3. The average molecular weight is 190 g/mol. The predicted molar refractivity (Wildman–Crippen MR) is 52.8 cm³/mol. The summed E-state index contributed by atoms with van der Waals surface area (Å²) in [6, 6.07) is 1.79. The molecule has 0 aliphatic carbocycles. The van der Waals surface area contributed by atoms with Crippen LogP contribution in [0.2, 0.25) is 0 Å². The molecule has 0 amide bonds. The molecule has 0 saturated heterocycles. The zero-order chi connectivity index (χ0) is 9.42. The summed E-state index contributed by atoms with van der Waals surface area (Å²) in [7, 11) is 1.63. The molecule has 0 unspecified atom stereocenters. The Balaban J connectivity index is 3.03. The Morgan fingerprint density at radius 1 is 1.69 bits per heavy atom. The highest BCUT2D eigenvalue weighted by atomic mass is 32.1. The highest BCUT2D eigenvalue weighted by Gasteiger charge is 2.06. The zero-order valence-electron chi connectivity index (χ0n) is 6.94. The van der Waals surface area contributed by atoms with E-state index in [9.17, 15) is 4.79 Å². The Kier molecular flexibility index (Phi) is 1.67. The van der Waals surface area contributed by atoms with E-state index in [0.29, 0.717) is 16.0 Å². The molecular formula is C9H6N2OS. The van der Waals surface area contributed by atoms with E-state index in [-0.39, 0.29) is 5.56 Å². The first-order valence-corrected chi connectivity index (χ1v) is 4.53. The normalized spacial score (nSPS) is 10.2. The summed E-state index contributed by atoms with van der Waals surface area (Å²) in [6.45, 7) is 0. The number of fused-ring (bicyclic) bond motifs is 1. The molecule has 0 radical (unpaired) electrons. The first-order valence-electron chi connectivity index (χ1n) is 3.65. The van der Waals surface area contributed by atoms with Crippen LogP contribution in [-0.2, 0) is 7.05 Å². The van der Waals surface area contributed by atoms with Crippen molar-refractivity contribution in [1.82, 2.24) is 9.55 Å². The van der Waals surface area contributed by atoms with Gasteiger partial charge in [-0.05, 0) is 17.4 Å². The molecule has 0 aliphatic rings. The molecule has 13 heavy (non-hydrogen) atoms. The number of aromatic nitrogens is 2. The lowest BCUT2D eigenvalue weighted by Gasteiger charge is -1.99. The maximum Gasteiger partial charge on any atom is 0.271 e. The molecule has 0 saturated carbocycles. The second-order valence-electron chi connectivity index (χ2n) is 2.58. The van der Waals surface area contributed by atoms with Gasteiger partial charge in [0.1, 0.15) is 4.70 Å². The first-order chi connectivity index (χ1) is 6.24. The highest BCUT2D eigenvalue weighted by Crippen LogP contribution is 2.13. The van der Waals surface area contributed by atoms with E-state index in [4.69, 9.17) is 6.42 Å². The molecule has 0 atom stereocenters. The van der Waals surface area contributed by atoms with Crippen molar-refractivity contribution in [1.29, 1.82) is 0 Å². The van der Waals surface area contributed by atoms with Gasteiger partial charge in [-0.2, -0.15) is 0 Å². The van der Waals surface area contributed by atoms with Crippen LogP contribution in [0.1, 0.15) is 5.82 Å². The Morgan fingerprint density at radius 2 is 2.46 bits per heavy atom. The van der Waals surface area contributed by atoms with Crippen LogP contribution in [0.3, 0.4) is 0 Å². The van der Waals surface area contributed by atoms with Gasteiger partial charge in [0.25, 0.3) is 5.56 Å². The van der Waals surface area contributed by atoms with Gasteiger partial charge < -0.3 is 0 Å². The Labute approximate surface area is 78.7 Å². The van der Waals surface area contributed by atoms with Crippen molar-refractivity contribution >= 4 is 21.6 Å². The molecule has 0 bridgehead atoms. The summed E-state index contributed by atoms with van der Waals surface area (Å²) in [5, 5.41) is 1.83. The van der Waals surface area contributed by atoms with E-state index in [1.165, 1.54) is 15.9 Å². The van der Waals surface area contributed by atoms with E-state index in [0.717, 1.165) is 0 Å².